The molecule has 12 nitrogen and oxygen atoms in total. The van der Waals surface area contributed by atoms with Crippen molar-refractivity contribution in [2.24, 2.45) is 0 Å². The molecule has 2 N–H and O–H groups in total. The number of hydrogen-bond acceptors (Lipinski definition) is 12. The van der Waals surface area contributed by atoms with Crippen LogP contribution in [0.4, 0.5) is 23.8 Å². The summed E-state index contributed by atoms with van der Waals surface area (Å²) in [6.07, 6.45) is 7.78. The third kappa shape index (κ3) is 15.2. The minimum absolute atomic E-state index is 0.0681. The van der Waals surface area contributed by atoms with Crippen molar-refractivity contribution in [3.63, 3.8) is 0 Å². The number of nitrogens with zero attached hydrogens (tertiary/aromatic N) is 10. The first-order valence-electron chi connectivity index (χ1n) is 21.7. The summed E-state index contributed by atoms with van der Waals surface area (Å²) >= 11 is 13.4. The Morgan fingerprint density at radius 1 is 0.483 bits per heavy atom. The third-order valence-electron chi connectivity index (χ3n) is 10.9. The standard InChI is InChI=1S/C46H76Cl2N12/c1-31(2)27-57(28-32(3)4)39-49-37(47)51-41(53-39)59(35-23-43(9,10)55-44(11,12)24-35)21-19-17-18-20-22-60(36-25-45(13,14)56-46(15,16)26-36)42-52-38(48)50-40(54-42)58(29-33(5)6)30-34(7)8/h35-36,55-56H,1,3,5,7,17-30H2,2,4,6,8-16H3. The third-order valence-corrected chi connectivity index (χ3v) is 11.2. The van der Waals surface area contributed by atoms with Crippen molar-refractivity contribution in [1.82, 2.24) is 40.5 Å². The minimum atomic E-state index is -0.0681. The molecule has 0 bridgehead atoms. The highest BCUT2D eigenvalue weighted by Crippen LogP contribution is 2.36. The molecule has 0 radical (unpaired) electrons. The maximum absolute atomic E-state index is 6.71. The largest absolute Gasteiger partial charge is 0.338 e. The van der Waals surface area contributed by atoms with Gasteiger partial charge in [-0.1, -0.05) is 61.4 Å². The summed E-state index contributed by atoms with van der Waals surface area (Å²) in [4.78, 5) is 37.9. The summed E-state index contributed by atoms with van der Waals surface area (Å²) in [6, 6.07) is 0.412. The van der Waals surface area contributed by atoms with Crippen molar-refractivity contribution in [2.75, 3.05) is 58.9 Å². The van der Waals surface area contributed by atoms with Crippen LogP contribution in [-0.2, 0) is 0 Å². The van der Waals surface area contributed by atoms with E-state index in [9.17, 15) is 0 Å². The average Bonchev–Trinajstić information content (AvgIpc) is 3.04. The van der Waals surface area contributed by atoms with E-state index in [1.165, 1.54) is 0 Å². The van der Waals surface area contributed by atoms with Gasteiger partial charge in [-0.05, 0) is 145 Å². The molecule has 4 rings (SSSR count). The van der Waals surface area contributed by atoms with Gasteiger partial charge >= 0.3 is 0 Å². The fraction of sp³-hybridized carbons (Fsp3) is 0.696. The van der Waals surface area contributed by atoms with E-state index >= 15 is 0 Å². The summed E-state index contributed by atoms with van der Waals surface area (Å²) in [6.45, 7) is 46.9. The van der Waals surface area contributed by atoms with Gasteiger partial charge in [0.25, 0.3) is 0 Å². The Bertz CT molecular complexity index is 1640. The number of piperidine rings is 2. The predicted molar refractivity (Wildman–Crippen MR) is 255 cm³/mol. The molecule has 0 aliphatic carbocycles. The van der Waals surface area contributed by atoms with E-state index in [2.05, 4.69) is 122 Å². The van der Waals surface area contributed by atoms with Crippen LogP contribution in [-0.4, -0.2) is 103 Å². The highest BCUT2D eigenvalue weighted by Gasteiger charge is 2.42. The first-order chi connectivity index (χ1) is 27.7. The summed E-state index contributed by atoms with van der Waals surface area (Å²) in [5, 5.41) is 8.08. The monoisotopic (exact) mass is 867 g/mol. The smallest absolute Gasteiger partial charge is 0.232 e. The summed E-state index contributed by atoms with van der Waals surface area (Å²) in [5.41, 5.74) is 3.75. The first kappa shape index (κ1) is 49.3. The fourth-order valence-corrected chi connectivity index (χ4v) is 9.99. The van der Waals surface area contributed by atoms with Gasteiger partial charge < -0.3 is 30.2 Å². The Labute approximate surface area is 372 Å². The van der Waals surface area contributed by atoms with E-state index in [-0.39, 0.29) is 44.8 Å². The fourth-order valence-electron chi connectivity index (χ4n) is 9.68. The van der Waals surface area contributed by atoms with E-state index in [1.54, 1.807) is 0 Å². The molecule has 2 fully saturated rings. The number of anilines is 4. The highest BCUT2D eigenvalue weighted by molar-refractivity contribution is 6.28. The zero-order valence-corrected chi connectivity index (χ0v) is 40.6. The molecule has 0 spiro atoms. The van der Waals surface area contributed by atoms with E-state index in [0.717, 1.165) is 86.7 Å². The molecule has 0 unspecified atom stereocenters. The molecule has 4 heterocycles. The molecule has 2 saturated heterocycles. The van der Waals surface area contributed by atoms with Crippen LogP contribution in [0, 0.1) is 0 Å². The van der Waals surface area contributed by atoms with E-state index in [4.69, 9.17) is 43.1 Å². The average molecular weight is 868 g/mol. The van der Waals surface area contributed by atoms with Gasteiger partial charge in [0.15, 0.2) is 0 Å². The van der Waals surface area contributed by atoms with Crippen molar-refractivity contribution >= 4 is 47.0 Å². The van der Waals surface area contributed by atoms with Crippen molar-refractivity contribution in [2.45, 2.75) is 169 Å². The van der Waals surface area contributed by atoms with Crippen LogP contribution < -0.4 is 30.2 Å². The Kier molecular flexibility index (Phi) is 16.6. The maximum Gasteiger partial charge on any atom is 0.232 e. The molecule has 14 heteroatoms. The van der Waals surface area contributed by atoms with Crippen LogP contribution in [0.25, 0.3) is 0 Å². The lowest BCUT2D eigenvalue weighted by Crippen LogP contribution is -2.62. The van der Waals surface area contributed by atoms with E-state index in [1.807, 2.05) is 27.7 Å². The molecule has 334 valence electrons. The molecule has 0 saturated carbocycles. The quantitative estimate of drug-likeness (QED) is 0.0920. The Hall–Kier alpha value is -3.32. The van der Waals surface area contributed by atoms with Crippen LogP contribution in [0.5, 0.6) is 0 Å². The molecule has 0 atom stereocenters. The molecule has 60 heavy (non-hydrogen) atoms. The molecular weight excluding hydrogens is 791 g/mol. The van der Waals surface area contributed by atoms with Crippen LogP contribution in [0.2, 0.25) is 10.6 Å². The number of aromatic nitrogens is 6. The number of nitrogens with one attached hydrogen (secondary N) is 2. The summed E-state index contributed by atoms with van der Waals surface area (Å²) < 4.78 is 0. The van der Waals surface area contributed by atoms with Gasteiger partial charge in [0, 0.05) is 73.5 Å². The second-order valence-corrected chi connectivity index (χ2v) is 21.3. The normalized spacial score (nSPS) is 18.4. The van der Waals surface area contributed by atoms with Gasteiger partial charge in [-0.2, -0.15) is 29.9 Å². The van der Waals surface area contributed by atoms with Crippen LogP contribution >= 0.6 is 23.2 Å². The van der Waals surface area contributed by atoms with Crippen molar-refractivity contribution < 1.29 is 0 Å². The number of rotatable bonds is 21. The number of hydrogen-bond donors (Lipinski definition) is 2. The summed E-state index contributed by atoms with van der Waals surface area (Å²) in [5.74, 6) is 2.33. The van der Waals surface area contributed by atoms with Crippen LogP contribution in [0.15, 0.2) is 48.6 Å². The topological polar surface area (TPSA) is 114 Å². The lowest BCUT2D eigenvalue weighted by molar-refractivity contribution is 0.156. The van der Waals surface area contributed by atoms with Gasteiger partial charge in [-0.25, -0.2) is 0 Å². The zero-order valence-electron chi connectivity index (χ0n) is 39.1. The molecular formula is C46H76Cl2N12. The minimum Gasteiger partial charge on any atom is -0.338 e. The highest BCUT2D eigenvalue weighted by atomic mass is 35.5. The Morgan fingerprint density at radius 3 is 1.02 bits per heavy atom. The SMILES string of the molecule is C=C(C)CN(CC(=C)C)c1nc(Cl)nc(N(CCCCCCN(c2nc(Cl)nc(N(CC(=C)C)CC(=C)C)n2)C2CC(C)(C)NC(C)(C)C2)C2CC(C)(C)NC(C)(C)C2)n1. The van der Waals surface area contributed by atoms with Crippen LogP contribution in [0.3, 0.4) is 0 Å². The van der Waals surface area contributed by atoms with Crippen molar-refractivity contribution in [3.05, 3.63) is 59.2 Å². The lowest BCUT2D eigenvalue weighted by Gasteiger charge is -2.50. The second kappa shape index (κ2) is 20.2. The second-order valence-electron chi connectivity index (χ2n) is 20.7. The maximum atomic E-state index is 6.71. The Morgan fingerprint density at radius 2 is 0.750 bits per heavy atom. The van der Waals surface area contributed by atoms with Crippen molar-refractivity contribution in [1.29, 1.82) is 0 Å². The van der Waals surface area contributed by atoms with Crippen LogP contribution in [0.1, 0.15) is 134 Å². The van der Waals surface area contributed by atoms with Gasteiger partial charge in [0.05, 0.1) is 0 Å². The van der Waals surface area contributed by atoms with E-state index < -0.39 is 0 Å². The molecule has 2 aliphatic heterocycles. The van der Waals surface area contributed by atoms with Gasteiger partial charge in [0.1, 0.15) is 0 Å². The van der Waals surface area contributed by atoms with E-state index in [0.29, 0.717) is 50.0 Å². The molecule has 2 aromatic heterocycles. The van der Waals surface area contributed by atoms with Gasteiger partial charge in [-0.15, -0.1) is 0 Å². The predicted octanol–water partition coefficient (Wildman–Crippen LogP) is 9.77. The number of halogens is 2. The molecule has 0 aromatic carbocycles. The van der Waals surface area contributed by atoms with Crippen molar-refractivity contribution in [3.8, 4) is 0 Å². The van der Waals surface area contributed by atoms with Gasteiger partial charge in [-0.3, -0.25) is 0 Å². The summed E-state index contributed by atoms with van der Waals surface area (Å²) in [7, 11) is 0. The van der Waals surface area contributed by atoms with Gasteiger partial charge in [0.2, 0.25) is 34.4 Å². The molecule has 0 amide bonds. The Balaban J connectivity index is 1.59. The molecule has 2 aliphatic rings. The molecule has 2 aromatic rings. The lowest BCUT2D eigenvalue weighted by atomic mass is 9.79. The first-order valence-corrected chi connectivity index (χ1v) is 22.5. The zero-order chi connectivity index (χ0) is 44.8. The number of unbranched alkanes of at least 4 members (excludes halogenated alkanes) is 3.